The molecule has 3 rings (SSSR count). The van der Waals surface area contributed by atoms with Crippen LogP contribution in [-0.2, 0) is 4.74 Å². The zero-order chi connectivity index (χ0) is 14.1. The van der Waals surface area contributed by atoms with Gasteiger partial charge in [-0.05, 0) is 39.5 Å². The number of likely N-dealkylation sites (tertiary alicyclic amines) is 1. The molecule has 1 saturated carbocycles. The van der Waals surface area contributed by atoms with E-state index < -0.39 is 0 Å². The van der Waals surface area contributed by atoms with Crippen LogP contribution in [0.5, 0.6) is 0 Å². The van der Waals surface area contributed by atoms with Crippen LogP contribution in [0.4, 0.5) is 4.79 Å². The van der Waals surface area contributed by atoms with Crippen molar-refractivity contribution in [1.82, 2.24) is 15.1 Å². The van der Waals surface area contributed by atoms with Gasteiger partial charge in [-0.15, -0.1) is 0 Å². The Labute approximate surface area is 121 Å². The van der Waals surface area contributed by atoms with Crippen molar-refractivity contribution in [3.8, 4) is 0 Å². The zero-order valence-corrected chi connectivity index (χ0v) is 12.7. The third-order valence-electron chi connectivity index (χ3n) is 4.51. The fourth-order valence-electron chi connectivity index (χ4n) is 3.51. The first-order valence-corrected chi connectivity index (χ1v) is 8.07. The summed E-state index contributed by atoms with van der Waals surface area (Å²) in [5, 5.41) is 3.12. The first kappa shape index (κ1) is 14.1. The lowest BCUT2D eigenvalue weighted by molar-refractivity contribution is -0.0713. The van der Waals surface area contributed by atoms with Crippen LogP contribution in [0.3, 0.4) is 0 Å². The van der Waals surface area contributed by atoms with Gasteiger partial charge in [0.15, 0.2) is 0 Å². The number of urea groups is 1. The summed E-state index contributed by atoms with van der Waals surface area (Å²) in [5.74, 6) is 0. The molecule has 20 heavy (non-hydrogen) atoms. The molecule has 114 valence electrons. The smallest absolute Gasteiger partial charge is 0.317 e. The normalized spacial score (nSPS) is 35.3. The summed E-state index contributed by atoms with van der Waals surface area (Å²) in [5.41, 5.74) is 0. The molecule has 5 nitrogen and oxygen atoms in total. The minimum absolute atomic E-state index is 0.157. The third kappa shape index (κ3) is 3.44. The number of morpholine rings is 1. The highest BCUT2D eigenvalue weighted by atomic mass is 16.5. The molecule has 1 aliphatic carbocycles. The molecule has 2 amide bonds. The van der Waals surface area contributed by atoms with Gasteiger partial charge >= 0.3 is 6.03 Å². The van der Waals surface area contributed by atoms with Gasteiger partial charge in [0.1, 0.15) is 0 Å². The first-order valence-electron chi connectivity index (χ1n) is 8.07. The molecular weight excluding hydrogens is 254 g/mol. The average molecular weight is 281 g/mol. The van der Waals surface area contributed by atoms with Crippen LogP contribution >= 0.6 is 0 Å². The summed E-state index contributed by atoms with van der Waals surface area (Å²) in [6.45, 7) is 8.15. The Morgan fingerprint density at radius 2 is 1.90 bits per heavy atom. The van der Waals surface area contributed by atoms with Crippen molar-refractivity contribution in [2.45, 2.75) is 63.8 Å². The van der Waals surface area contributed by atoms with Crippen LogP contribution in [-0.4, -0.2) is 66.3 Å². The molecule has 0 aromatic heterocycles. The number of ether oxygens (including phenoxy) is 1. The molecule has 5 heteroatoms. The van der Waals surface area contributed by atoms with Crippen LogP contribution in [0.15, 0.2) is 0 Å². The van der Waals surface area contributed by atoms with Crippen LogP contribution in [0.25, 0.3) is 0 Å². The van der Waals surface area contributed by atoms with Crippen LogP contribution in [0.1, 0.15) is 39.5 Å². The number of nitrogens with one attached hydrogen (secondary N) is 1. The number of hydrogen-bond donors (Lipinski definition) is 1. The highest BCUT2D eigenvalue weighted by Gasteiger charge is 2.34. The SMILES string of the molecule is CC1CN(CC2CCCN2C(=O)NC2CC2)CC(C)O1. The molecule has 0 bridgehead atoms. The Bertz CT molecular complexity index is 349. The fraction of sp³-hybridized carbons (Fsp3) is 0.933. The van der Waals surface area contributed by atoms with Crippen molar-refractivity contribution in [1.29, 1.82) is 0 Å². The van der Waals surface area contributed by atoms with Gasteiger partial charge in [-0.25, -0.2) is 4.79 Å². The summed E-state index contributed by atoms with van der Waals surface area (Å²) in [6.07, 6.45) is 5.19. The molecule has 0 spiro atoms. The quantitative estimate of drug-likeness (QED) is 0.851. The van der Waals surface area contributed by atoms with Gasteiger partial charge in [-0.1, -0.05) is 0 Å². The molecule has 0 radical (unpaired) electrons. The zero-order valence-electron chi connectivity index (χ0n) is 12.7. The van der Waals surface area contributed by atoms with Gasteiger partial charge in [0.25, 0.3) is 0 Å². The first-order chi connectivity index (χ1) is 9.61. The number of carbonyl (C=O) groups is 1. The minimum atomic E-state index is 0.157. The Morgan fingerprint density at radius 1 is 1.20 bits per heavy atom. The second-order valence-electron chi connectivity index (χ2n) is 6.69. The van der Waals surface area contributed by atoms with Gasteiger partial charge in [0.05, 0.1) is 12.2 Å². The monoisotopic (exact) mass is 281 g/mol. The number of amides is 2. The maximum atomic E-state index is 12.2. The largest absolute Gasteiger partial charge is 0.373 e. The van der Waals surface area contributed by atoms with E-state index in [-0.39, 0.29) is 6.03 Å². The lowest BCUT2D eigenvalue weighted by Crippen LogP contribution is -2.52. The van der Waals surface area contributed by atoms with Crippen molar-refractivity contribution >= 4 is 6.03 Å². The standard InChI is InChI=1S/C15H27N3O2/c1-11-8-17(9-12(2)20-11)10-14-4-3-7-18(14)15(19)16-13-5-6-13/h11-14H,3-10H2,1-2H3,(H,16,19). The summed E-state index contributed by atoms with van der Waals surface area (Å²) >= 11 is 0. The van der Waals surface area contributed by atoms with E-state index >= 15 is 0 Å². The topological polar surface area (TPSA) is 44.8 Å². The van der Waals surface area contributed by atoms with Crippen LogP contribution in [0, 0.1) is 0 Å². The second-order valence-corrected chi connectivity index (χ2v) is 6.69. The Kier molecular flexibility index (Phi) is 4.17. The lowest BCUT2D eigenvalue weighted by Gasteiger charge is -2.38. The van der Waals surface area contributed by atoms with Gasteiger partial charge in [-0.2, -0.15) is 0 Å². The number of rotatable bonds is 3. The van der Waals surface area contributed by atoms with Gasteiger partial charge in [0, 0.05) is 38.3 Å². The van der Waals surface area contributed by atoms with Gasteiger partial charge in [0.2, 0.25) is 0 Å². The fourth-order valence-corrected chi connectivity index (χ4v) is 3.51. The molecule has 2 aliphatic heterocycles. The molecule has 3 aliphatic rings. The predicted molar refractivity (Wildman–Crippen MR) is 77.7 cm³/mol. The van der Waals surface area contributed by atoms with Crippen molar-refractivity contribution in [3.63, 3.8) is 0 Å². The maximum Gasteiger partial charge on any atom is 0.317 e. The van der Waals surface area contributed by atoms with Gasteiger partial charge < -0.3 is 15.0 Å². The number of nitrogens with zero attached hydrogens (tertiary/aromatic N) is 2. The molecular formula is C15H27N3O2. The Hall–Kier alpha value is -0.810. The molecule has 1 N–H and O–H groups in total. The summed E-state index contributed by atoms with van der Waals surface area (Å²) in [6, 6.07) is 0.989. The highest BCUT2D eigenvalue weighted by molar-refractivity contribution is 5.75. The van der Waals surface area contributed by atoms with Crippen molar-refractivity contribution in [2.75, 3.05) is 26.2 Å². The Balaban J connectivity index is 1.53. The predicted octanol–water partition coefficient (Wildman–Crippen LogP) is 1.43. The molecule has 3 fully saturated rings. The van der Waals surface area contributed by atoms with Crippen molar-refractivity contribution in [3.05, 3.63) is 0 Å². The van der Waals surface area contributed by atoms with Crippen molar-refractivity contribution < 1.29 is 9.53 Å². The molecule has 2 saturated heterocycles. The maximum absolute atomic E-state index is 12.2. The van der Waals surface area contributed by atoms with E-state index in [1.807, 2.05) is 0 Å². The average Bonchev–Trinajstić information content (AvgIpc) is 3.05. The molecule has 0 aromatic carbocycles. The molecule has 3 atom stereocenters. The summed E-state index contributed by atoms with van der Waals surface area (Å²) in [4.78, 5) is 16.8. The minimum Gasteiger partial charge on any atom is -0.373 e. The highest BCUT2D eigenvalue weighted by Crippen LogP contribution is 2.23. The molecule has 0 aromatic rings. The van der Waals surface area contributed by atoms with E-state index in [1.54, 1.807) is 0 Å². The van der Waals surface area contributed by atoms with Crippen molar-refractivity contribution in [2.24, 2.45) is 0 Å². The van der Waals surface area contributed by atoms with Crippen LogP contribution in [0.2, 0.25) is 0 Å². The molecule has 3 unspecified atom stereocenters. The number of carbonyl (C=O) groups excluding carboxylic acids is 1. The lowest BCUT2D eigenvalue weighted by atomic mass is 10.1. The number of hydrogen-bond acceptors (Lipinski definition) is 3. The molecule has 2 heterocycles. The van der Waals surface area contributed by atoms with E-state index in [2.05, 4.69) is 29.0 Å². The van der Waals surface area contributed by atoms with E-state index in [9.17, 15) is 4.79 Å². The summed E-state index contributed by atoms with van der Waals surface area (Å²) < 4.78 is 5.78. The van der Waals surface area contributed by atoms with E-state index in [1.165, 1.54) is 0 Å². The van der Waals surface area contributed by atoms with E-state index in [4.69, 9.17) is 4.74 Å². The second kappa shape index (κ2) is 5.90. The Morgan fingerprint density at radius 3 is 2.55 bits per heavy atom. The van der Waals surface area contributed by atoms with Crippen LogP contribution < -0.4 is 5.32 Å². The summed E-state index contributed by atoms with van der Waals surface area (Å²) in [7, 11) is 0. The van der Waals surface area contributed by atoms with E-state index in [0.29, 0.717) is 24.3 Å². The third-order valence-corrected chi connectivity index (χ3v) is 4.51. The van der Waals surface area contributed by atoms with Gasteiger partial charge in [-0.3, -0.25) is 4.90 Å². The van der Waals surface area contributed by atoms with E-state index in [0.717, 1.165) is 51.9 Å².